The van der Waals surface area contributed by atoms with Gasteiger partial charge in [0.15, 0.2) is 0 Å². The van der Waals surface area contributed by atoms with Crippen molar-refractivity contribution in [1.82, 2.24) is 0 Å². The maximum absolute atomic E-state index is 12.5. The van der Waals surface area contributed by atoms with Crippen molar-refractivity contribution in [1.29, 1.82) is 0 Å². The lowest BCUT2D eigenvalue weighted by Gasteiger charge is -2.13. The Kier molecular flexibility index (Phi) is 6.29. The Morgan fingerprint density at radius 3 is 2.38 bits per heavy atom. The van der Waals surface area contributed by atoms with E-state index in [4.69, 9.17) is 16.3 Å². The number of aryl methyl sites for hydroxylation is 1. The smallest absolute Gasteiger partial charge is 0.257 e. The average molecular weight is 366 g/mol. The number of para-hydroxylation sites is 2. The molecule has 1 amide bonds. The van der Waals surface area contributed by atoms with Crippen molar-refractivity contribution in [2.24, 2.45) is 0 Å². The second-order valence-corrected chi connectivity index (χ2v) is 6.27. The summed E-state index contributed by atoms with van der Waals surface area (Å²) in [4.78, 5) is 12.5. The Bertz CT molecular complexity index is 865. The maximum atomic E-state index is 12.5. The molecule has 0 atom stereocenters. The monoisotopic (exact) mass is 365 g/mol. The minimum atomic E-state index is -0.254. The molecule has 3 aromatic carbocycles. The molecule has 0 aromatic heterocycles. The van der Waals surface area contributed by atoms with E-state index in [1.54, 1.807) is 24.3 Å². The van der Waals surface area contributed by atoms with Crippen LogP contribution in [0.3, 0.4) is 0 Å². The molecule has 0 aliphatic rings. The lowest BCUT2D eigenvalue weighted by Crippen LogP contribution is -2.13. The average Bonchev–Trinajstić information content (AvgIpc) is 2.67. The summed E-state index contributed by atoms with van der Waals surface area (Å²) >= 11 is 6.09. The van der Waals surface area contributed by atoms with Crippen LogP contribution in [0.2, 0.25) is 5.02 Å². The predicted molar refractivity (Wildman–Crippen MR) is 106 cm³/mol. The number of hydrogen-bond donors (Lipinski definition) is 1. The highest BCUT2D eigenvalue weighted by atomic mass is 35.5. The summed E-state index contributed by atoms with van der Waals surface area (Å²) < 4.78 is 5.88. The number of carbonyl (C=O) groups excluding carboxylic acids is 1. The third kappa shape index (κ3) is 4.87. The standard InChI is InChI=1S/C22H20ClNO2/c23-19-13-5-4-12-18(19)22(25)24-20-14-6-7-15-21(20)26-16-8-11-17-9-2-1-3-10-17/h1-7,9-10,12-15H,8,11,16H2,(H,24,25). The lowest BCUT2D eigenvalue weighted by atomic mass is 10.1. The number of halogens is 1. The number of hydrogen-bond acceptors (Lipinski definition) is 2. The highest BCUT2D eigenvalue weighted by Crippen LogP contribution is 2.25. The largest absolute Gasteiger partial charge is 0.491 e. The molecule has 0 heterocycles. The number of benzene rings is 3. The molecule has 0 bridgehead atoms. The first-order valence-electron chi connectivity index (χ1n) is 8.55. The molecule has 26 heavy (non-hydrogen) atoms. The maximum Gasteiger partial charge on any atom is 0.257 e. The van der Waals surface area contributed by atoms with Crippen molar-refractivity contribution >= 4 is 23.2 Å². The summed E-state index contributed by atoms with van der Waals surface area (Å²) in [6.45, 7) is 0.577. The van der Waals surface area contributed by atoms with E-state index in [9.17, 15) is 4.79 Å². The normalized spacial score (nSPS) is 10.3. The Morgan fingerprint density at radius 2 is 1.58 bits per heavy atom. The zero-order valence-corrected chi connectivity index (χ0v) is 15.1. The van der Waals surface area contributed by atoms with Crippen molar-refractivity contribution < 1.29 is 9.53 Å². The second kappa shape index (κ2) is 9.07. The third-order valence-electron chi connectivity index (χ3n) is 3.96. The van der Waals surface area contributed by atoms with Crippen molar-refractivity contribution in [3.8, 4) is 5.75 Å². The van der Waals surface area contributed by atoms with Crippen LogP contribution in [0.1, 0.15) is 22.3 Å². The molecule has 0 fully saturated rings. The van der Waals surface area contributed by atoms with Gasteiger partial charge in [-0.1, -0.05) is 66.2 Å². The molecule has 4 heteroatoms. The molecular formula is C22H20ClNO2. The van der Waals surface area contributed by atoms with Crippen molar-refractivity contribution in [2.75, 3.05) is 11.9 Å². The quantitative estimate of drug-likeness (QED) is 0.553. The molecule has 132 valence electrons. The van der Waals surface area contributed by atoms with Gasteiger partial charge in [-0.25, -0.2) is 0 Å². The molecular weight excluding hydrogens is 346 g/mol. The van der Waals surface area contributed by atoms with Gasteiger partial charge in [0, 0.05) is 0 Å². The van der Waals surface area contributed by atoms with Gasteiger partial charge in [-0.2, -0.15) is 0 Å². The van der Waals surface area contributed by atoms with E-state index >= 15 is 0 Å². The van der Waals surface area contributed by atoms with Gasteiger partial charge in [-0.05, 0) is 42.7 Å². The van der Waals surface area contributed by atoms with Crippen molar-refractivity contribution in [3.05, 3.63) is 95.0 Å². The highest BCUT2D eigenvalue weighted by Gasteiger charge is 2.12. The Hall–Kier alpha value is -2.78. The number of amides is 1. The molecule has 0 aliphatic carbocycles. The van der Waals surface area contributed by atoms with Crippen LogP contribution in [0, 0.1) is 0 Å². The van der Waals surface area contributed by atoms with Crippen LogP contribution < -0.4 is 10.1 Å². The van der Waals surface area contributed by atoms with Gasteiger partial charge in [0.05, 0.1) is 22.9 Å². The SMILES string of the molecule is O=C(Nc1ccccc1OCCCc1ccccc1)c1ccccc1Cl. The first-order valence-corrected chi connectivity index (χ1v) is 8.93. The Morgan fingerprint density at radius 1 is 0.885 bits per heavy atom. The van der Waals surface area contributed by atoms with Crippen LogP contribution in [-0.4, -0.2) is 12.5 Å². The number of ether oxygens (including phenoxy) is 1. The molecule has 0 spiro atoms. The summed E-state index contributed by atoms with van der Waals surface area (Å²) in [5, 5.41) is 3.30. The second-order valence-electron chi connectivity index (χ2n) is 5.87. The summed E-state index contributed by atoms with van der Waals surface area (Å²) in [6.07, 6.45) is 1.85. The van der Waals surface area contributed by atoms with Crippen LogP contribution in [0.25, 0.3) is 0 Å². The lowest BCUT2D eigenvalue weighted by molar-refractivity contribution is 0.102. The zero-order chi connectivity index (χ0) is 18.2. The fourth-order valence-electron chi connectivity index (χ4n) is 2.63. The topological polar surface area (TPSA) is 38.3 Å². The summed E-state index contributed by atoms with van der Waals surface area (Å²) in [6, 6.07) is 24.7. The molecule has 1 N–H and O–H groups in total. The van der Waals surface area contributed by atoms with E-state index in [0.717, 1.165) is 12.8 Å². The van der Waals surface area contributed by atoms with Gasteiger partial charge >= 0.3 is 0 Å². The Labute approximate surface area is 158 Å². The van der Waals surface area contributed by atoms with Gasteiger partial charge in [0.2, 0.25) is 0 Å². The number of anilines is 1. The van der Waals surface area contributed by atoms with E-state index in [-0.39, 0.29) is 5.91 Å². The zero-order valence-electron chi connectivity index (χ0n) is 14.3. The van der Waals surface area contributed by atoms with Crippen LogP contribution in [0.4, 0.5) is 5.69 Å². The van der Waals surface area contributed by atoms with Crippen LogP contribution in [-0.2, 0) is 6.42 Å². The number of nitrogens with one attached hydrogen (secondary N) is 1. The van der Waals surface area contributed by atoms with Crippen LogP contribution in [0.15, 0.2) is 78.9 Å². The predicted octanol–water partition coefficient (Wildman–Crippen LogP) is 5.60. The Balaban J connectivity index is 1.59. The summed E-state index contributed by atoms with van der Waals surface area (Å²) in [7, 11) is 0. The molecule has 0 saturated heterocycles. The molecule has 0 aliphatic heterocycles. The van der Waals surface area contributed by atoms with Gasteiger partial charge in [0.25, 0.3) is 5.91 Å². The van der Waals surface area contributed by atoms with E-state index < -0.39 is 0 Å². The molecule has 0 unspecified atom stereocenters. The molecule has 3 rings (SSSR count). The minimum Gasteiger partial charge on any atom is -0.491 e. The van der Waals surface area contributed by atoms with Gasteiger partial charge in [0.1, 0.15) is 5.75 Å². The van der Waals surface area contributed by atoms with Crippen LogP contribution in [0.5, 0.6) is 5.75 Å². The summed E-state index contributed by atoms with van der Waals surface area (Å²) in [5.41, 5.74) is 2.36. The molecule has 0 radical (unpaired) electrons. The number of rotatable bonds is 7. The van der Waals surface area contributed by atoms with E-state index in [0.29, 0.717) is 28.6 Å². The third-order valence-corrected chi connectivity index (χ3v) is 4.29. The van der Waals surface area contributed by atoms with E-state index in [1.165, 1.54) is 5.56 Å². The molecule has 3 nitrogen and oxygen atoms in total. The first-order chi connectivity index (χ1) is 12.7. The van der Waals surface area contributed by atoms with E-state index in [2.05, 4.69) is 17.4 Å². The number of carbonyl (C=O) groups is 1. The van der Waals surface area contributed by atoms with Gasteiger partial charge < -0.3 is 10.1 Å². The van der Waals surface area contributed by atoms with Gasteiger partial charge in [-0.3, -0.25) is 4.79 Å². The fraction of sp³-hybridized carbons (Fsp3) is 0.136. The first kappa shape index (κ1) is 18.0. The summed E-state index contributed by atoms with van der Waals surface area (Å²) in [5.74, 6) is 0.400. The molecule has 3 aromatic rings. The molecule has 0 saturated carbocycles. The van der Waals surface area contributed by atoms with E-state index in [1.807, 2.05) is 42.5 Å². The van der Waals surface area contributed by atoms with Crippen molar-refractivity contribution in [3.63, 3.8) is 0 Å². The van der Waals surface area contributed by atoms with Crippen molar-refractivity contribution in [2.45, 2.75) is 12.8 Å². The fourth-order valence-corrected chi connectivity index (χ4v) is 2.86. The van der Waals surface area contributed by atoms with Gasteiger partial charge in [-0.15, -0.1) is 0 Å². The minimum absolute atomic E-state index is 0.254. The highest BCUT2D eigenvalue weighted by molar-refractivity contribution is 6.34. The van der Waals surface area contributed by atoms with Crippen LogP contribution >= 0.6 is 11.6 Å².